The standard InChI is InChI=1S/C12H10FNOS/c1-9(15)16-6-2-3-10-4-5-11(8-14)12(13)7-10/h2-5,7H,6H2,1H3. The number of hydrogen-bond acceptors (Lipinski definition) is 3. The molecule has 0 aliphatic carbocycles. The molecule has 0 saturated carbocycles. The Balaban J connectivity index is 2.65. The summed E-state index contributed by atoms with van der Waals surface area (Å²) in [5.41, 5.74) is 0.718. The Morgan fingerprint density at radius 3 is 2.94 bits per heavy atom. The van der Waals surface area contributed by atoms with Crippen molar-refractivity contribution in [2.45, 2.75) is 6.92 Å². The zero-order valence-electron chi connectivity index (χ0n) is 8.74. The molecule has 0 atom stereocenters. The Morgan fingerprint density at radius 2 is 2.38 bits per heavy atom. The van der Waals surface area contributed by atoms with Crippen LogP contribution in [0.3, 0.4) is 0 Å². The number of nitriles is 1. The first-order valence-corrected chi connectivity index (χ1v) is 5.61. The van der Waals surface area contributed by atoms with Gasteiger partial charge in [0.05, 0.1) is 5.56 Å². The van der Waals surface area contributed by atoms with Gasteiger partial charge in [-0.05, 0) is 17.7 Å². The van der Waals surface area contributed by atoms with Gasteiger partial charge >= 0.3 is 0 Å². The summed E-state index contributed by atoms with van der Waals surface area (Å²) >= 11 is 1.19. The summed E-state index contributed by atoms with van der Waals surface area (Å²) in [6, 6.07) is 6.16. The predicted molar refractivity (Wildman–Crippen MR) is 63.3 cm³/mol. The average Bonchev–Trinajstić information content (AvgIpc) is 2.24. The molecule has 82 valence electrons. The zero-order valence-corrected chi connectivity index (χ0v) is 9.55. The fraction of sp³-hybridized carbons (Fsp3) is 0.167. The molecule has 1 rings (SSSR count). The van der Waals surface area contributed by atoms with Crippen molar-refractivity contribution in [1.82, 2.24) is 0 Å². The van der Waals surface area contributed by atoms with Crippen molar-refractivity contribution in [3.63, 3.8) is 0 Å². The molecule has 0 bridgehead atoms. The molecule has 0 spiro atoms. The van der Waals surface area contributed by atoms with Crippen molar-refractivity contribution in [2.75, 3.05) is 5.75 Å². The maximum atomic E-state index is 13.2. The van der Waals surface area contributed by atoms with E-state index in [2.05, 4.69) is 0 Å². The van der Waals surface area contributed by atoms with E-state index in [4.69, 9.17) is 5.26 Å². The number of carbonyl (C=O) groups is 1. The molecule has 0 unspecified atom stereocenters. The van der Waals surface area contributed by atoms with Gasteiger partial charge in [0.15, 0.2) is 5.12 Å². The fourth-order valence-corrected chi connectivity index (χ4v) is 1.50. The topological polar surface area (TPSA) is 40.9 Å². The van der Waals surface area contributed by atoms with E-state index in [1.165, 1.54) is 30.8 Å². The van der Waals surface area contributed by atoms with Crippen LogP contribution >= 0.6 is 11.8 Å². The summed E-state index contributed by atoms with van der Waals surface area (Å²) < 4.78 is 13.2. The number of nitrogens with zero attached hydrogens (tertiary/aromatic N) is 1. The number of carbonyl (C=O) groups excluding carboxylic acids is 1. The molecule has 2 nitrogen and oxygen atoms in total. The Morgan fingerprint density at radius 1 is 1.62 bits per heavy atom. The molecule has 1 aromatic carbocycles. The molecule has 0 aromatic heterocycles. The quantitative estimate of drug-likeness (QED) is 0.808. The van der Waals surface area contributed by atoms with Gasteiger partial charge in [-0.15, -0.1) is 0 Å². The Kier molecular flexibility index (Phi) is 4.74. The number of benzene rings is 1. The monoisotopic (exact) mass is 235 g/mol. The second kappa shape index (κ2) is 6.09. The van der Waals surface area contributed by atoms with Crippen LogP contribution in [0.5, 0.6) is 0 Å². The van der Waals surface area contributed by atoms with Gasteiger partial charge in [0.2, 0.25) is 0 Å². The first-order valence-electron chi connectivity index (χ1n) is 4.63. The van der Waals surface area contributed by atoms with Crippen LogP contribution in [0.4, 0.5) is 4.39 Å². The van der Waals surface area contributed by atoms with Crippen LogP contribution in [0.25, 0.3) is 6.08 Å². The third-order valence-corrected chi connectivity index (χ3v) is 2.57. The van der Waals surface area contributed by atoms with Crippen LogP contribution in [-0.4, -0.2) is 10.9 Å². The molecule has 0 saturated heterocycles. The summed E-state index contributed by atoms with van der Waals surface area (Å²) in [5.74, 6) is 0.0422. The third-order valence-electron chi connectivity index (χ3n) is 1.81. The Hall–Kier alpha value is -1.60. The molecule has 0 aliphatic rings. The molecule has 0 fully saturated rings. The fourth-order valence-electron chi connectivity index (χ4n) is 1.08. The first kappa shape index (κ1) is 12.5. The van der Waals surface area contributed by atoms with Crippen molar-refractivity contribution in [3.05, 3.63) is 41.2 Å². The number of hydrogen-bond donors (Lipinski definition) is 0. The van der Waals surface area contributed by atoms with Crippen molar-refractivity contribution in [2.24, 2.45) is 0 Å². The summed E-state index contributed by atoms with van der Waals surface area (Å²) in [4.78, 5) is 10.6. The molecule has 0 aliphatic heterocycles. The molecule has 4 heteroatoms. The van der Waals surface area contributed by atoms with Gasteiger partial charge < -0.3 is 0 Å². The highest BCUT2D eigenvalue weighted by atomic mass is 32.2. The summed E-state index contributed by atoms with van der Waals surface area (Å²) in [7, 11) is 0. The van der Waals surface area contributed by atoms with Crippen LogP contribution in [0.2, 0.25) is 0 Å². The smallest absolute Gasteiger partial charge is 0.186 e. The highest BCUT2D eigenvalue weighted by molar-refractivity contribution is 8.13. The van der Waals surface area contributed by atoms with Gasteiger partial charge in [0.1, 0.15) is 11.9 Å². The van der Waals surface area contributed by atoms with Crippen LogP contribution in [0.15, 0.2) is 24.3 Å². The largest absolute Gasteiger partial charge is 0.288 e. The van der Waals surface area contributed by atoms with Gasteiger partial charge in [0, 0.05) is 12.7 Å². The summed E-state index contributed by atoms with van der Waals surface area (Å²) in [6.45, 7) is 1.50. The van der Waals surface area contributed by atoms with Crippen molar-refractivity contribution in [3.8, 4) is 6.07 Å². The second-order valence-corrected chi connectivity index (χ2v) is 4.25. The van der Waals surface area contributed by atoms with Gasteiger partial charge in [-0.1, -0.05) is 30.0 Å². The van der Waals surface area contributed by atoms with Crippen LogP contribution < -0.4 is 0 Å². The van der Waals surface area contributed by atoms with Crippen LogP contribution in [-0.2, 0) is 4.79 Å². The van der Waals surface area contributed by atoms with Crippen molar-refractivity contribution < 1.29 is 9.18 Å². The number of thioether (sulfide) groups is 1. The lowest BCUT2D eigenvalue weighted by molar-refractivity contribution is -0.109. The second-order valence-electron chi connectivity index (χ2n) is 3.06. The maximum absolute atomic E-state index is 13.2. The normalized spacial score (nSPS) is 10.3. The van der Waals surface area contributed by atoms with E-state index < -0.39 is 5.82 Å². The van der Waals surface area contributed by atoms with Gasteiger partial charge in [-0.2, -0.15) is 5.26 Å². The number of halogens is 1. The highest BCUT2D eigenvalue weighted by Gasteiger charge is 2.00. The van der Waals surface area contributed by atoms with E-state index in [1.807, 2.05) is 0 Å². The predicted octanol–water partition coefficient (Wildman–Crippen LogP) is 2.99. The molecule has 1 aromatic rings. The SMILES string of the molecule is CC(=O)SCC=Cc1ccc(C#N)c(F)c1. The molecule has 0 N–H and O–H groups in total. The molecule has 16 heavy (non-hydrogen) atoms. The molecular formula is C12H10FNOS. The van der Waals surface area contributed by atoms with E-state index in [1.54, 1.807) is 24.3 Å². The average molecular weight is 235 g/mol. The highest BCUT2D eigenvalue weighted by Crippen LogP contribution is 2.11. The van der Waals surface area contributed by atoms with Crippen LogP contribution in [0, 0.1) is 17.1 Å². The van der Waals surface area contributed by atoms with Crippen LogP contribution in [0.1, 0.15) is 18.1 Å². The van der Waals surface area contributed by atoms with Gasteiger partial charge in [-0.25, -0.2) is 4.39 Å². The van der Waals surface area contributed by atoms with Crippen molar-refractivity contribution in [1.29, 1.82) is 5.26 Å². The first-order chi connectivity index (χ1) is 7.63. The van der Waals surface area contributed by atoms with Crippen molar-refractivity contribution >= 4 is 23.0 Å². The lowest BCUT2D eigenvalue weighted by Crippen LogP contribution is -1.85. The Bertz CT molecular complexity index is 463. The van der Waals surface area contributed by atoms with E-state index in [9.17, 15) is 9.18 Å². The van der Waals surface area contributed by atoms with E-state index >= 15 is 0 Å². The van der Waals surface area contributed by atoms with Gasteiger partial charge in [-0.3, -0.25) is 4.79 Å². The number of rotatable bonds is 3. The van der Waals surface area contributed by atoms with E-state index in [-0.39, 0.29) is 10.7 Å². The maximum Gasteiger partial charge on any atom is 0.186 e. The van der Waals surface area contributed by atoms with E-state index in [0.29, 0.717) is 11.3 Å². The molecule has 0 heterocycles. The zero-order chi connectivity index (χ0) is 12.0. The molecule has 0 amide bonds. The summed E-state index contributed by atoms with van der Waals surface area (Å²) in [5, 5.41) is 8.59. The minimum atomic E-state index is -0.524. The lowest BCUT2D eigenvalue weighted by atomic mass is 10.1. The Labute approximate surface area is 97.8 Å². The molecule has 0 radical (unpaired) electrons. The van der Waals surface area contributed by atoms with Gasteiger partial charge in [0.25, 0.3) is 0 Å². The third kappa shape index (κ3) is 3.87. The molecular weight excluding hydrogens is 225 g/mol. The van der Waals surface area contributed by atoms with E-state index in [0.717, 1.165) is 0 Å². The lowest BCUT2D eigenvalue weighted by Gasteiger charge is -1.96. The minimum absolute atomic E-state index is 0.0373. The summed E-state index contributed by atoms with van der Waals surface area (Å²) in [6.07, 6.45) is 3.51. The minimum Gasteiger partial charge on any atom is -0.288 e.